The molecule has 0 aliphatic heterocycles. The van der Waals surface area contributed by atoms with E-state index in [0.29, 0.717) is 5.75 Å². The molecule has 0 saturated heterocycles. The predicted molar refractivity (Wildman–Crippen MR) is 78.1 cm³/mol. The Labute approximate surface area is 132 Å². The Balaban J connectivity index is 1.88. The fourth-order valence-corrected chi connectivity index (χ4v) is 1.68. The highest BCUT2D eigenvalue weighted by atomic mass is 19.1. The zero-order valence-corrected chi connectivity index (χ0v) is 12.5. The first kappa shape index (κ1) is 16.5. The summed E-state index contributed by atoms with van der Waals surface area (Å²) in [7, 11) is 0. The molecule has 0 atom stereocenters. The van der Waals surface area contributed by atoms with Crippen molar-refractivity contribution in [1.29, 1.82) is 0 Å². The Morgan fingerprint density at radius 1 is 1.13 bits per heavy atom. The maximum absolute atomic E-state index is 12.8. The summed E-state index contributed by atoms with van der Waals surface area (Å²) in [4.78, 5) is 30.7. The van der Waals surface area contributed by atoms with E-state index in [2.05, 4.69) is 14.7 Å². The Bertz CT molecular complexity index is 671. The lowest BCUT2D eigenvalue weighted by molar-refractivity contribution is -0.153. The number of rotatable bonds is 7. The largest absolute Gasteiger partial charge is 0.486 e. The number of carbonyl (C=O) groups excluding carboxylic acids is 2. The summed E-state index contributed by atoms with van der Waals surface area (Å²) in [5.74, 6) is -1.30. The van der Waals surface area contributed by atoms with Crippen LogP contribution in [0.3, 0.4) is 0 Å². The van der Waals surface area contributed by atoms with Gasteiger partial charge in [-0.15, -0.1) is 0 Å². The molecule has 0 aliphatic carbocycles. The van der Waals surface area contributed by atoms with E-state index in [4.69, 9.17) is 4.74 Å². The molecule has 0 spiro atoms. The Hall–Kier alpha value is -2.83. The SMILES string of the molecule is CCOC(=O)C(=O)Cc1ncc(OCc2ccc(F)cc2)cn1. The molecule has 6 nitrogen and oxygen atoms in total. The van der Waals surface area contributed by atoms with Gasteiger partial charge in [-0.05, 0) is 24.6 Å². The molecule has 0 bridgehead atoms. The zero-order chi connectivity index (χ0) is 16.7. The number of hydrogen-bond donors (Lipinski definition) is 0. The number of nitrogens with zero attached hydrogens (tertiary/aromatic N) is 2. The Morgan fingerprint density at radius 3 is 2.39 bits per heavy atom. The molecule has 0 aliphatic rings. The molecule has 2 aromatic rings. The van der Waals surface area contributed by atoms with E-state index in [-0.39, 0.29) is 31.3 Å². The molecule has 0 fully saturated rings. The lowest BCUT2D eigenvalue weighted by atomic mass is 10.2. The first-order chi connectivity index (χ1) is 11.1. The van der Waals surface area contributed by atoms with Crippen LogP contribution in [-0.2, 0) is 27.4 Å². The van der Waals surface area contributed by atoms with Crippen molar-refractivity contribution in [2.45, 2.75) is 20.0 Å². The highest BCUT2D eigenvalue weighted by Crippen LogP contribution is 2.11. The second-order valence-corrected chi connectivity index (χ2v) is 4.57. The normalized spacial score (nSPS) is 10.2. The third-order valence-electron chi connectivity index (χ3n) is 2.82. The van der Waals surface area contributed by atoms with Gasteiger partial charge in [-0.1, -0.05) is 12.1 Å². The topological polar surface area (TPSA) is 78.4 Å². The lowest BCUT2D eigenvalue weighted by Gasteiger charge is -2.06. The molecule has 0 saturated carbocycles. The van der Waals surface area contributed by atoms with Gasteiger partial charge in [0.1, 0.15) is 18.2 Å². The number of Topliss-reactive ketones (excluding diaryl/α,β-unsaturated/α-hetero) is 1. The minimum Gasteiger partial charge on any atom is -0.486 e. The van der Waals surface area contributed by atoms with Crippen LogP contribution in [0.15, 0.2) is 36.7 Å². The van der Waals surface area contributed by atoms with E-state index in [1.165, 1.54) is 24.5 Å². The molecule has 1 aromatic carbocycles. The first-order valence-corrected chi connectivity index (χ1v) is 6.96. The second-order valence-electron chi connectivity index (χ2n) is 4.57. The lowest BCUT2D eigenvalue weighted by Crippen LogP contribution is -2.20. The Kier molecular flexibility index (Phi) is 5.74. The molecule has 1 aromatic heterocycles. The number of ketones is 1. The minimum absolute atomic E-state index is 0.140. The molecule has 2 rings (SSSR count). The summed E-state index contributed by atoms with van der Waals surface area (Å²) < 4.78 is 22.8. The number of aromatic nitrogens is 2. The van der Waals surface area contributed by atoms with Crippen LogP contribution in [-0.4, -0.2) is 28.3 Å². The molecule has 120 valence electrons. The van der Waals surface area contributed by atoms with Gasteiger partial charge in [-0.2, -0.15) is 0 Å². The molecular weight excluding hydrogens is 303 g/mol. The average Bonchev–Trinajstić information content (AvgIpc) is 2.56. The van der Waals surface area contributed by atoms with Crippen molar-refractivity contribution in [1.82, 2.24) is 9.97 Å². The van der Waals surface area contributed by atoms with Crippen molar-refractivity contribution in [3.63, 3.8) is 0 Å². The highest BCUT2D eigenvalue weighted by Gasteiger charge is 2.16. The van der Waals surface area contributed by atoms with Crippen LogP contribution in [0.25, 0.3) is 0 Å². The summed E-state index contributed by atoms with van der Waals surface area (Å²) in [5.41, 5.74) is 0.799. The predicted octanol–water partition coefficient (Wildman–Crippen LogP) is 1.87. The number of benzene rings is 1. The number of halogens is 1. The average molecular weight is 318 g/mol. The maximum Gasteiger partial charge on any atom is 0.375 e. The van der Waals surface area contributed by atoms with Gasteiger partial charge in [0, 0.05) is 0 Å². The number of ether oxygens (including phenoxy) is 2. The van der Waals surface area contributed by atoms with Gasteiger partial charge in [0.05, 0.1) is 25.4 Å². The van der Waals surface area contributed by atoms with Crippen molar-refractivity contribution in [2.24, 2.45) is 0 Å². The molecule has 0 N–H and O–H groups in total. The summed E-state index contributed by atoms with van der Waals surface area (Å²) in [6.07, 6.45) is 2.59. The Morgan fingerprint density at radius 2 is 1.78 bits per heavy atom. The van der Waals surface area contributed by atoms with Crippen molar-refractivity contribution in [3.8, 4) is 5.75 Å². The van der Waals surface area contributed by atoms with Crippen LogP contribution in [0, 0.1) is 5.82 Å². The van der Waals surface area contributed by atoms with Crippen LogP contribution in [0.5, 0.6) is 5.75 Å². The molecular formula is C16H15FN2O4. The molecule has 1 heterocycles. The third-order valence-corrected chi connectivity index (χ3v) is 2.82. The van der Waals surface area contributed by atoms with E-state index in [0.717, 1.165) is 5.56 Å². The summed E-state index contributed by atoms with van der Waals surface area (Å²) in [5, 5.41) is 0. The molecule has 7 heteroatoms. The molecule has 0 amide bonds. The maximum atomic E-state index is 12.8. The van der Waals surface area contributed by atoms with Crippen molar-refractivity contribution in [2.75, 3.05) is 6.61 Å². The van der Waals surface area contributed by atoms with E-state index in [1.54, 1.807) is 19.1 Å². The van der Waals surface area contributed by atoms with Crippen LogP contribution >= 0.6 is 0 Å². The van der Waals surface area contributed by atoms with E-state index >= 15 is 0 Å². The molecule has 23 heavy (non-hydrogen) atoms. The molecule has 0 unspecified atom stereocenters. The number of hydrogen-bond acceptors (Lipinski definition) is 6. The fraction of sp³-hybridized carbons (Fsp3) is 0.250. The van der Waals surface area contributed by atoms with Gasteiger partial charge >= 0.3 is 5.97 Å². The van der Waals surface area contributed by atoms with Gasteiger partial charge < -0.3 is 9.47 Å². The van der Waals surface area contributed by atoms with Crippen LogP contribution in [0.1, 0.15) is 18.3 Å². The van der Waals surface area contributed by atoms with Gasteiger partial charge in [-0.25, -0.2) is 19.2 Å². The van der Waals surface area contributed by atoms with Gasteiger partial charge in [-0.3, -0.25) is 4.79 Å². The van der Waals surface area contributed by atoms with E-state index < -0.39 is 11.8 Å². The van der Waals surface area contributed by atoms with Crippen molar-refractivity contribution in [3.05, 3.63) is 53.9 Å². The minimum atomic E-state index is -0.896. The van der Waals surface area contributed by atoms with Crippen molar-refractivity contribution < 1.29 is 23.5 Å². The van der Waals surface area contributed by atoms with E-state index in [9.17, 15) is 14.0 Å². The standard InChI is InChI=1S/C16H15FN2O4/c1-2-22-16(21)14(20)7-15-18-8-13(9-19-15)23-10-11-3-5-12(17)6-4-11/h3-6,8-9H,2,7,10H2,1H3. The summed E-state index contributed by atoms with van der Waals surface area (Å²) in [6.45, 7) is 2.00. The molecule has 0 radical (unpaired) electrons. The van der Waals surface area contributed by atoms with Gasteiger partial charge in [0.2, 0.25) is 5.78 Å². The van der Waals surface area contributed by atoms with Gasteiger partial charge in [0.25, 0.3) is 0 Å². The summed E-state index contributed by atoms with van der Waals surface area (Å²) in [6, 6.07) is 5.92. The fourth-order valence-electron chi connectivity index (χ4n) is 1.68. The number of esters is 1. The first-order valence-electron chi connectivity index (χ1n) is 6.96. The van der Waals surface area contributed by atoms with Gasteiger partial charge in [0.15, 0.2) is 5.75 Å². The quantitative estimate of drug-likeness (QED) is 0.573. The summed E-state index contributed by atoms with van der Waals surface area (Å²) >= 11 is 0. The number of carbonyl (C=O) groups is 2. The second kappa shape index (κ2) is 7.98. The monoisotopic (exact) mass is 318 g/mol. The zero-order valence-electron chi connectivity index (χ0n) is 12.5. The van der Waals surface area contributed by atoms with Crippen LogP contribution < -0.4 is 4.74 Å². The van der Waals surface area contributed by atoms with E-state index in [1.807, 2.05) is 0 Å². The third kappa shape index (κ3) is 5.14. The van der Waals surface area contributed by atoms with Crippen molar-refractivity contribution >= 4 is 11.8 Å². The smallest absolute Gasteiger partial charge is 0.375 e. The van der Waals surface area contributed by atoms with Crippen LogP contribution in [0.4, 0.5) is 4.39 Å². The highest BCUT2D eigenvalue weighted by molar-refractivity contribution is 6.33. The van der Waals surface area contributed by atoms with Crippen LogP contribution in [0.2, 0.25) is 0 Å².